The molecule has 5 heteroatoms. The van der Waals surface area contributed by atoms with Crippen molar-refractivity contribution in [1.29, 1.82) is 0 Å². The second kappa shape index (κ2) is 6.11. The molecule has 1 fully saturated rings. The first kappa shape index (κ1) is 13.2. The molecule has 1 aliphatic heterocycles. The molecule has 0 saturated carbocycles. The van der Waals surface area contributed by atoms with Gasteiger partial charge < -0.3 is 5.32 Å². The number of imide groups is 1. The van der Waals surface area contributed by atoms with Crippen LogP contribution in [0.3, 0.4) is 0 Å². The molecule has 1 saturated heterocycles. The summed E-state index contributed by atoms with van der Waals surface area (Å²) in [5.41, 5.74) is 0.492. The molecule has 0 radical (unpaired) electrons. The summed E-state index contributed by atoms with van der Waals surface area (Å²) in [6, 6.07) is 7.00. The molecule has 0 unspecified atom stereocenters. The lowest BCUT2D eigenvalue weighted by Crippen LogP contribution is -2.40. The zero-order chi connectivity index (χ0) is 13.0. The first-order valence-electron chi connectivity index (χ1n) is 5.98. The SMILES string of the molecule is O=C(NC(=O)C1CCNCC1)c1cccc(Br)c1. The number of carbonyl (C=O) groups excluding carboxylic acids is 2. The van der Waals surface area contributed by atoms with E-state index in [1.54, 1.807) is 18.2 Å². The average molecular weight is 311 g/mol. The van der Waals surface area contributed by atoms with Gasteiger partial charge in [-0.25, -0.2) is 0 Å². The second-order valence-electron chi connectivity index (χ2n) is 4.35. The molecule has 1 heterocycles. The molecule has 4 nitrogen and oxygen atoms in total. The van der Waals surface area contributed by atoms with Gasteiger partial charge in [-0.2, -0.15) is 0 Å². The molecule has 1 aliphatic rings. The van der Waals surface area contributed by atoms with Crippen LogP contribution in [-0.4, -0.2) is 24.9 Å². The van der Waals surface area contributed by atoms with E-state index < -0.39 is 0 Å². The second-order valence-corrected chi connectivity index (χ2v) is 5.27. The molecular weight excluding hydrogens is 296 g/mol. The lowest BCUT2D eigenvalue weighted by atomic mass is 9.97. The summed E-state index contributed by atoms with van der Waals surface area (Å²) in [6.45, 7) is 1.67. The van der Waals surface area contributed by atoms with Crippen LogP contribution in [0.4, 0.5) is 0 Å². The molecule has 96 valence electrons. The number of amides is 2. The van der Waals surface area contributed by atoms with Crippen LogP contribution in [0.2, 0.25) is 0 Å². The number of halogens is 1. The third kappa shape index (κ3) is 3.40. The standard InChI is InChI=1S/C13H15BrN2O2/c14-11-3-1-2-10(8-11)13(18)16-12(17)9-4-6-15-7-5-9/h1-3,8-9,15H,4-7H2,(H,16,17,18). The van der Waals surface area contributed by atoms with E-state index in [-0.39, 0.29) is 17.7 Å². The fourth-order valence-electron chi connectivity index (χ4n) is 2.00. The van der Waals surface area contributed by atoms with Gasteiger partial charge in [-0.3, -0.25) is 14.9 Å². The smallest absolute Gasteiger partial charge is 0.257 e. The molecule has 2 rings (SSSR count). The van der Waals surface area contributed by atoms with Crippen LogP contribution in [-0.2, 0) is 4.79 Å². The number of carbonyl (C=O) groups is 2. The monoisotopic (exact) mass is 310 g/mol. The number of rotatable bonds is 2. The molecule has 2 N–H and O–H groups in total. The van der Waals surface area contributed by atoms with Crippen molar-refractivity contribution in [2.75, 3.05) is 13.1 Å². The Kier molecular flexibility index (Phi) is 4.49. The van der Waals surface area contributed by atoms with Gasteiger partial charge in [0.1, 0.15) is 0 Å². The number of hydrogen-bond acceptors (Lipinski definition) is 3. The van der Waals surface area contributed by atoms with Gasteiger partial charge in [0.25, 0.3) is 5.91 Å². The summed E-state index contributed by atoms with van der Waals surface area (Å²) in [5.74, 6) is -0.552. The quantitative estimate of drug-likeness (QED) is 0.818. The number of hydrogen-bond donors (Lipinski definition) is 2. The maximum absolute atomic E-state index is 11.9. The van der Waals surface area contributed by atoms with Crippen LogP contribution < -0.4 is 10.6 Å². The minimum atomic E-state index is -0.333. The highest BCUT2D eigenvalue weighted by atomic mass is 79.9. The fraction of sp³-hybridized carbons (Fsp3) is 0.385. The predicted octanol–water partition coefficient (Wildman–Crippen LogP) is 1.71. The van der Waals surface area contributed by atoms with Crippen molar-refractivity contribution in [2.45, 2.75) is 12.8 Å². The van der Waals surface area contributed by atoms with E-state index in [9.17, 15) is 9.59 Å². The Morgan fingerprint density at radius 2 is 2.00 bits per heavy atom. The predicted molar refractivity (Wildman–Crippen MR) is 72.2 cm³/mol. The minimum Gasteiger partial charge on any atom is -0.317 e. The Bertz CT molecular complexity index is 456. The molecule has 0 atom stereocenters. The molecular formula is C13H15BrN2O2. The van der Waals surface area contributed by atoms with Gasteiger partial charge in [0.15, 0.2) is 0 Å². The van der Waals surface area contributed by atoms with E-state index in [1.807, 2.05) is 6.07 Å². The van der Waals surface area contributed by atoms with E-state index in [2.05, 4.69) is 26.6 Å². The minimum absolute atomic E-state index is 0.0534. The zero-order valence-corrected chi connectivity index (χ0v) is 11.5. The third-order valence-corrected chi connectivity index (χ3v) is 3.53. The van der Waals surface area contributed by atoms with Gasteiger partial charge in [0.2, 0.25) is 5.91 Å². The Labute approximate surface area is 114 Å². The molecule has 0 aliphatic carbocycles. The number of piperidine rings is 1. The Morgan fingerprint density at radius 1 is 1.28 bits per heavy atom. The molecule has 1 aromatic rings. The maximum atomic E-state index is 11.9. The van der Waals surface area contributed by atoms with Crippen LogP contribution in [0.15, 0.2) is 28.7 Å². The summed E-state index contributed by atoms with van der Waals surface area (Å²) in [6.07, 6.45) is 1.58. The lowest BCUT2D eigenvalue weighted by Gasteiger charge is -2.21. The van der Waals surface area contributed by atoms with Crippen molar-refractivity contribution in [3.05, 3.63) is 34.3 Å². The van der Waals surface area contributed by atoms with Crippen LogP contribution >= 0.6 is 15.9 Å². The van der Waals surface area contributed by atoms with Gasteiger partial charge in [0, 0.05) is 16.0 Å². The number of nitrogens with one attached hydrogen (secondary N) is 2. The van der Waals surface area contributed by atoms with Crippen molar-refractivity contribution < 1.29 is 9.59 Å². The first-order valence-corrected chi connectivity index (χ1v) is 6.77. The molecule has 0 bridgehead atoms. The largest absolute Gasteiger partial charge is 0.317 e. The lowest BCUT2D eigenvalue weighted by molar-refractivity contribution is -0.124. The van der Waals surface area contributed by atoms with Gasteiger partial charge in [-0.15, -0.1) is 0 Å². The van der Waals surface area contributed by atoms with Gasteiger partial charge in [0.05, 0.1) is 0 Å². The summed E-state index contributed by atoms with van der Waals surface area (Å²) in [7, 11) is 0. The van der Waals surface area contributed by atoms with E-state index in [1.165, 1.54) is 0 Å². The molecule has 0 spiro atoms. The Hall–Kier alpha value is -1.20. The van der Waals surface area contributed by atoms with Gasteiger partial charge >= 0.3 is 0 Å². The first-order chi connectivity index (χ1) is 8.66. The number of benzene rings is 1. The summed E-state index contributed by atoms with van der Waals surface area (Å²) < 4.78 is 0.824. The van der Waals surface area contributed by atoms with Gasteiger partial charge in [-0.05, 0) is 44.1 Å². The van der Waals surface area contributed by atoms with E-state index >= 15 is 0 Å². The summed E-state index contributed by atoms with van der Waals surface area (Å²) in [5, 5.41) is 5.66. The van der Waals surface area contributed by atoms with Crippen molar-refractivity contribution in [2.24, 2.45) is 5.92 Å². The van der Waals surface area contributed by atoms with Crippen LogP contribution in [0.1, 0.15) is 23.2 Å². The van der Waals surface area contributed by atoms with Crippen molar-refractivity contribution in [3.8, 4) is 0 Å². The van der Waals surface area contributed by atoms with Crippen LogP contribution in [0.25, 0.3) is 0 Å². The Balaban J connectivity index is 1.96. The molecule has 2 amide bonds. The van der Waals surface area contributed by atoms with Crippen molar-refractivity contribution in [3.63, 3.8) is 0 Å². The van der Waals surface area contributed by atoms with E-state index in [0.29, 0.717) is 5.56 Å². The topological polar surface area (TPSA) is 58.2 Å². The maximum Gasteiger partial charge on any atom is 0.257 e. The molecule has 1 aromatic carbocycles. The van der Waals surface area contributed by atoms with E-state index in [4.69, 9.17) is 0 Å². The third-order valence-electron chi connectivity index (χ3n) is 3.03. The van der Waals surface area contributed by atoms with Crippen LogP contribution in [0, 0.1) is 5.92 Å². The summed E-state index contributed by atoms with van der Waals surface area (Å²) >= 11 is 3.30. The highest BCUT2D eigenvalue weighted by Gasteiger charge is 2.22. The van der Waals surface area contributed by atoms with Crippen molar-refractivity contribution >= 4 is 27.7 Å². The molecule has 0 aromatic heterocycles. The summed E-state index contributed by atoms with van der Waals surface area (Å²) in [4.78, 5) is 23.8. The zero-order valence-electron chi connectivity index (χ0n) is 9.91. The molecule has 18 heavy (non-hydrogen) atoms. The normalized spacial score (nSPS) is 16.3. The average Bonchev–Trinajstić information content (AvgIpc) is 2.39. The highest BCUT2D eigenvalue weighted by molar-refractivity contribution is 9.10. The fourth-order valence-corrected chi connectivity index (χ4v) is 2.40. The highest BCUT2D eigenvalue weighted by Crippen LogP contribution is 2.14. The van der Waals surface area contributed by atoms with Crippen molar-refractivity contribution in [1.82, 2.24) is 10.6 Å². The van der Waals surface area contributed by atoms with Gasteiger partial charge in [-0.1, -0.05) is 22.0 Å². The Morgan fingerprint density at radius 3 is 2.67 bits per heavy atom. The van der Waals surface area contributed by atoms with Crippen LogP contribution in [0.5, 0.6) is 0 Å². The van der Waals surface area contributed by atoms with E-state index in [0.717, 1.165) is 30.4 Å².